The molecule has 1 amide bonds. The fourth-order valence-electron chi connectivity index (χ4n) is 3.78. The van der Waals surface area contributed by atoms with Gasteiger partial charge in [0.15, 0.2) is 4.91 Å². The zero-order valence-corrected chi connectivity index (χ0v) is 17.5. The second-order valence-electron chi connectivity index (χ2n) is 6.81. The molecule has 6 nitrogen and oxygen atoms in total. The molecule has 0 atom stereocenters. The van der Waals surface area contributed by atoms with Crippen LogP contribution in [0.15, 0.2) is 53.4 Å². The summed E-state index contributed by atoms with van der Waals surface area (Å²) in [6, 6.07) is 14.2. The van der Waals surface area contributed by atoms with Gasteiger partial charge in [-0.25, -0.2) is 8.42 Å². The molecular formula is C21H21ClN2O4S. The normalized spacial score (nSPS) is 18.6. The van der Waals surface area contributed by atoms with E-state index in [-0.39, 0.29) is 11.4 Å². The van der Waals surface area contributed by atoms with Crippen molar-refractivity contribution in [3.05, 3.63) is 69.6 Å². The topological polar surface area (TPSA) is 66.9 Å². The molecule has 1 fully saturated rings. The Hall–Kier alpha value is -2.35. The first kappa shape index (κ1) is 19.9. The lowest BCUT2D eigenvalue weighted by atomic mass is 9.95. The molecule has 0 aliphatic carbocycles. The van der Waals surface area contributed by atoms with Crippen LogP contribution in [0.2, 0.25) is 5.02 Å². The van der Waals surface area contributed by atoms with Crippen molar-refractivity contribution >= 4 is 38.8 Å². The number of hydrogen-bond acceptors (Lipinski definition) is 4. The molecule has 2 aromatic carbocycles. The zero-order valence-electron chi connectivity index (χ0n) is 16.0. The van der Waals surface area contributed by atoms with Crippen molar-refractivity contribution in [1.82, 2.24) is 4.90 Å². The molecule has 152 valence electrons. The van der Waals surface area contributed by atoms with Crippen molar-refractivity contribution in [3.63, 3.8) is 0 Å². The highest BCUT2D eigenvalue weighted by Crippen LogP contribution is 2.44. The number of amides is 1. The highest BCUT2D eigenvalue weighted by molar-refractivity contribution is 7.97. The van der Waals surface area contributed by atoms with Crippen LogP contribution in [-0.2, 0) is 19.6 Å². The molecule has 0 saturated carbocycles. The maximum absolute atomic E-state index is 13.6. The van der Waals surface area contributed by atoms with Gasteiger partial charge in [0.2, 0.25) is 0 Å². The second kappa shape index (κ2) is 7.82. The van der Waals surface area contributed by atoms with Crippen LogP contribution in [0, 0.1) is 0 Å². The number of hydrogen-bond donors (Lipinski definition) is 0. The van der Waals surface area contributed by atoms with Gasteiger partial charge in [-0.2, -0.15) is 0 Å². The van der Waals surface area contributed by atoms with Crippen molar-refractivity contribution in [3.8, 4) is 0 Å². The molecule has 0 aromatic heterocycles. The minimum absolute atomic E-state index is 0.206. The Bertz CT molecular complexity index is 1080. The predicted molar refractivity (Wildman–Crippen MR) is 113 cm³/mol. The molecule has 8 heteroatoms. The average molecular weight is 433 g/mol. The molecule has 2 aromatic rings. The SMILES string of the molecule is CCN1c2ccc(Cl)cc2C(c2ccccc2)=C(C(=O)N2CCOCC2)S1(=O)=O. The molecule has 29 heavy (non-hydrogen) atoms. The van der Waals surface area contributed by atoms with Crippen molar-refractivity contribution in [2.45, 2.75) is 6.92 Å². The van der Waals surface area contributed by atoms with Gasteiger partial charge in [0.25, 0.3) is 15.9 Å². The highest BCUT2D eigenvalue weighted by Gasteiger charge is 2.42. The molecule has 0 radical (unpaired) electrons. The summed E-state index contributed by atoms with van der Waals surface area (Å²) in [5.74, 6) is -0.503. The number of morpholine rings is 1. The summed E-state index contributed by atoms with van der Waals surface area (Å²) in [5.41, 5.74) is 2.21. The number of nitrogens with zero attached hydrogens (tertiary/aromatic N) is 2. The van der Waals surface area contributed by atoms with E-state index >= 15 is 0 Å². The van der Waals surface area contributed by atoms with Crippen LogP contribution in [-0.4, -0.2) is 52.1 Å². The van der Waals surface area contributed by atoms with Crippen molar-refractivity contribution in [2.75, 3.05) is 37.2 Å². The monoisotopic (exact) mass is 432 g/mol. The number of halogens is 1. The smallest absolute Gasteiger partial charge is 0.270 e. The van der Waals surface area contributed by atoms with E-state index in [1.54, 1.807) is 30.0 Å². The van der Waals surface area contributed by atoms with Gasteiger partial charge in [-0.3, -0.25) is 9.10 Å². The minimum Gasteiger partial charge on any atom is -0.378 e. The third-order valence-electron chi connectivity index (χ3n) is 5.11. The fraction of sp³-hybridized carbons (Fsp3) is 0.286. The Labute approximate surface area is 175 Å². The lowest BCUT2D eigenvalue weighted by molar-refractivity contribution is -0.130. The fourth-order valence-corrected chi connectivity index (χ4v) is 5.76. The number of carbonyl (C=O) groups excluding carboxylic acids is 1. The third kappa shape index (κ3) is 3.43. The van der Waals surface area contributed by atoms with Crippen molar-refractivity contribution < 1.29 is 17.9 Å². The molecule has 0 N–H and O–H groups in total. The van der Waals surface area contributed by atoms with Crippen LogP contribution < -0.4 is 4.31 Å². The number of rotatable bonds is 3. The lowest BCUT2D eigenvalue weighted by Gasteiger charge is -2.35. The van der Waals surface area contributed by atoms with Crippen LogP contribution in [0.25, 0.3) is 5.57 Å². The van der Waals surface area contributed by atoms with Crippen molar-refractivity contribution in [2.24, 2.45) is 0 Å². The Kier molecular flexibility index (Phi) is 5.38. The number of ether oxygens (including phenoxy) is 1. The van der Waals surface area contributed by atoms with E-state index in [0.717, 1.165) is 0 Å². The minimum atomic E-state index is -4.05. The summed E-state index contributed by atoms with van der Waals surface area (Å²) in [7, 11) is -4.05. The number of carbonyl (C=O) groups is 1. The Morgan fingerprint density at radius 3 is 2.45 bits per heavy atom. The van der Waals surface area contributed by atoms with Crippen molar-refractivity contribution in [1.29, 1.82) is 0 Å². The van der Waals surface area contributed by atoms with Gasteiger partial charge in [0.05, 0.1) is 18.9 Å². The molecule has 0 bridgehead atoms. The van der Waals surface area contributed by atoms with Gasteiger partial charge in [-0.1, -0.05) is 41.9 Å². The summed E-state index contributed by atoms with van der Waals surface area (Å²) < 4.78 is 33.8. The maximum atomic E-state index is 13.6. The molecule has 2 aliphatic heterocycles. The van der Waals surface area contributed by atoms with Gasteiger partial charge in [0, 0.05) is 35.8 Å². The van der Waals surface area contributed by atoms with E-state index < -0.39 is 15.9 Å². The molecular weight excluding hydrogens is 412 g/mol. The summed E-state index contributed by atoms with van der Waals surface area (Å²) in [6.45, 7) is 3.45. The van der Waals surface area contributed by atoms with E-state index in [9.17, 15) is 13.2 Å². The highest BCUT2D eigenvalue weighted by atomic mass is 35.5. The number of sulfonamides is 1. The first-order valence-corrected chi connectivity index (χ1v) is 11.3. The Balaban J connectivity index is 2.04. The van der Waals surface area contributed by atoms with Gasteiger partial charge in [0.1, 0.15) is 0 Å². The van der Waals surface area contributed by atoms with Crippen LogP contribution >= 0.6 is 11.6 Å². The Morgan fingerprint density at radius 2 is 1.79 bits per heavy atom. The first-order chi connectivity index (χ1) is 13.9. The standard InChI is InChI=1S/C21H21ClN2O4S/c1-2-24-18-9-8-16(22)14-17(18)19(15-6-4-3-5-7-15)20(29(24,26)27)21(25)23-10-12-28-13-11-23/h3-9,14H,2,10-13H2,1H3. The molecule has 4 rings (SSSR count). The van der Waals surface area contributed by atoms with E-state index in [2.05, 4.69) is 0 Å². The van der Waals surface area contributed by atoms with Gasteiger partial charge in [-0.05, 0) is 30.7 Å². The predicted octanol–water partition coefficient (Wildman–Crippen LogP) is 3.13. The lowest BCUT2D eigenvalue weighted by Crippen LogP contribution is -2.46. The van der Waals surface area contributed by atoms with Crippen LogP contribution in [0.3, 0.4) is 0 Å². The van der Waals surface area contributed by atoms with E-state index in [1.165, 1.54) is 4.31 Å². The Morgan fingerprint density at radius 1 is 1.10 bits per heavy atom. The number of benzene rings is 2. The average Bonchev–Trinajstić information content (AvgIpc) is 2.73. The molecule has 1 saturated heterocycles. The van der Waals surface area contributed by atoms with Crippen LogP contribution in [0.1, 0.15) is 18.1 Å². The van der Waals surface area contributed by atoms with Crippen LogP contribution in [0.5, 0.6) is 0 Å². The van der Waals surface area contributed by atoms with Gasteiger partial charge >= 0.3 is 0 Å². The molecule has 0 spiro atoms. The maximum Gasteiger partial charge on any atom is 0.270 e. The van der Waals surface area contributed by atoms with Gasteiger partial charge < -0.3 is 9.64 Å². The van der Waals surface area contributed by atoms with Crippen LogP contribution in [0.4, 0.5) is 5.69 Å². The molecule has 2 aliphatic rings. The van der Waals surface area contributed by atoms with E-state index in [1.807, 2.05) is 30.3 Å². The largest absolute Gasteiger partial charge is 0.378 e. The van der Waals surface area contributed by atoms with Gasteiger partial charge in [-0.15, -0.1) is 0 Å². The second-order valence-corrected chi connectivity index (χ2v) is 9.04. The summed E-state index contributed by atoms with van der Waals surface area (Å²) in [4.78, 5) is 14.8. The summed E-state index contributed by atoms with van der Waals surface area (Å²) >= 11 is 6.26. The summed E-state index contributed by atoms with van der Waals surface area (Å²) in [6.07, 6.45) is 0. The summed E-state index contributed by atoms with van der Waals surface area (Å²) in [5, 5.41) is 0.478. The van der Waals surface area contributed by atoms with E-state index in [4.69, 9.17) is 16.3 Å². The zero-order chi connectivity index (χ0) is 20.6. The number of anilines is 1. The quantitative estimate of drug-likeness (QED) is 0.747. The number of fused-ring (bicyclic) bond motifs is 1. The first-order valence-electron chi connectivity index (χ1n) is 9.44. The third-order valence-corrected chi connectivity index (χ3v) is 7.28. The van der Waals surface area contributed by atoms with E-state index in [0.29, 0.717) is 53.7 Å². The molecule has 0 unspecified atom stereocenters. The molecule has 2 heterocycles.